The maximum absolute atomic E-state index is 12.3. The van der Waals surface area contributed by atoms with Gasteiger partial charge in [-0.15, -0.1) is 5.10 Å². The Morgan fingerprint density at radius 2 is 2.05 bits per heavy atom. The van der Waals surface area contributed by atoms with Crippen LogP contribution in [0.25, 0.3) is 0 Å². The van der Waals surface area contributed by atoms with Crippen LogP contribution in [0.1, 0.15) is 40.3 Å². The fourth-order valence-electron chi connectivity index (χ4n) is 2.06. The van der Waals surface area contributed by atoms with Crippen molar-refractivity contribution < 1.29 is 9.59 Å². The Bertz CT molecular complexity index is 691. The van der Waals surface area contributed by atoms with Crippen LogP contribution in [0.15, 0.2) is 18.2 Å². The van der Waals surface area contributed by atoms with Gasteiger partial charge in [0.15, 0.2) is 6.29 Å². The van der Waals surface area contributed by atoms with Crippen LogP contribution in [0.4, 0.5) is 5.69 Å². The van der Waals surface area contributed by atoms with Gasteiger partial charge in [-0.1, -0.05) is 17.3 Å². The monoisotopic (exact) mass is 286 g/mol. The molecular formula is C15H18N4O2. The first-order valence-corrected chi connectivity index (χ1v) is 6.69. The summed E-state index contributed by atoms with van der Waals surface area (Å²) in [5.74, 6) is -0.200. The Morgan fingerprint density at radius 1 is 1.33 bits per heavy atom. The van der Waals surface area contributed by atoms with Gasteiger partial charge in [-0.25, -0.2) is 4.68 Å². The lowest BCUT2D eigenvalue weighted by Gasteiger charge is -2.15. The number of aromatic nitrogens is 3. The summed E-state index contributed by atoms with van der Waals surface area (Å²) in [5.41, 5.74) is 3.75. The lowest BCUT2D eigenvalue weighted by atomic mass is 10.1. The molecule has 0 saturated carbocycles. The van der Waals surface area contributed by atoms with E-state index in [1.54, 1.807) is 13.8 Å². The largest absolute Gasteiger partial charge is 0.324 e. The maximum atomic E-state index is 12.3. The molecule has 6 heteroatoms. The van der Waals surface area contributed by atoms with Crippen molar-refractivity contribution in [2.45, 2.75) is 33.7 Å². The molecule has 1 atom stereocenters. The number of amides is 1. The van der Waals surface area contributed by atoms with Gasteiger partial charge in [-0.3, -0.25) is 9.59 Å². The highest BCUT2D eigenvalue weighted by Gasteiger charge is 2.20. The third-order valence-corrected chi connectivity index (χ3v) is 3.68. The summed E-state index contributed by atoms with van der Waals surface area (Å²) >= 11 is 0. The van der Waals surface area contributed by atoms with Gasteiger partial charge < -0.3 is 5.32 Å². The van der Waals surface area contributed by atoms with Crippen LogP contribution in [0.2, 0.25) is 0 Å². The number of carbonyl (C=O) groups excluding carboxylic acids is 2. The summed E-state index contributed by atoms with van der Waals surface area (Å²) in [6.07, 6.45) is 0.633. The summed E-state index contributed by atoms with van der Waals surface area (Å²) in [7, 11) is 0. The molecule has 1 heterocycles. The first-order valence-electron chi connectivity index (χ1n) is 6.69. The molecule has 1 aromatic heterocycles. The Kier molecular flexibility index (Phi) is 4.16. The van der Waals surface area contributed by atoms with Crippen molar-refractivity contribution in [2.75, 3.05) is 5.32 Å². The lowest BCUT2D eigenvalue weighted by molar-refractivity contribution is -0.119. The van der Waals surface area contributed by atoms with Crippen molar-refractivity contribution in [1.29, 1.82) is 0 Å². The number of nitrogens with zero attached hydrogens (tertiary/aromatic N) is 3. The number of aldehydes is 1. The van der Waals surface area contributed by atoms with Gasteiger partial charge >= 0.3 is 0 Å². The van der Waals surface area contributed by atoms with E-state index in [0.717, 1.165) is 16.8 Å². The van der Waals surface area contributed by atoms with Gasteiger partial charge in [0.1, 0.15) is 11.7 Å². The quantitative estimate of drug-likeness (QED) is 0.874. The zero-order chi connectivity index (χ0) is 15.6. The number of aryl methyl sites for hydroxylation is 1. The molecule has 0 spiro atoms. The molecule has 21 heavy (non-hydrogen) atoms. The second kappa shape index (κ2) is 5.87. The first kappa shape index (κ1) is 14.9. The smallest absolute Gasteiger partial charge is 0.249 e. The number of benzene rings is 1. The second-order valence-electron chi connectivity index (χ2n) is 5.04. The molecule has 2 aromatic rings. The van der Waals surface area contributed by atoms with Crippen LogP contribution in [0, 0.1) is 20.8 Å². The minimum absolute atomic E-state index is 0.200. The van der Waals surface area contributed by atoms with Gasteiger partial charge in [-0.2, -0.15) is 0 Å². The second-order valence-corrected chi connectivity index (χ2v) is 5.04. The summed E-state index contributed by atoms with van der Waals surface area (Å²) in [5, 5.41) is 10.5. The fourth-order valence-corrected chi connectivity index (χ4v) is 2.06. The molecule has 0 saturated heterocycles. The fraction of sp³-hybridized carbons (Fsp3) is 0.333. The topological polar surface area (TPSA) is 76.9 Å². The van der Waals surface area contributed by atoms with Crippen molar-refractivity contribution in [2.24, 2.45) is 0 Å². The van der Waals surface area contributed by atoms with E-state index in [-0.39, 0.29) is 11.6 Å². The SMILES string of the molecule is Cc1cccc(NC(=O)C(C)n2nnc(C=O)c2C)c1C. The van der Waals surface area contributed by atoms with E-state index in [4.69, 9.17) is 0 Å². The Morgan fingerprint density at radius 3 is 2.67 bits per heavy atom. The summed E-state index contributed by atoms with van der Waals surface area (Å²) in [6.45, 7) is 7.38. The van der Waals surface area contributed by atoms with Crippen LogP contribution in [0.3, 0.4) is 0 Å². The average Bonchev–Trinajstić information content (AvgIpc) is 2.84. The Labute approximate surface area is 123 Å². The van der Waals surface area contributed by atoms with E-state index in [1.807, 2.05) is 32.0 Å². The van der Waals surface area contributed by atoms with Gasteiger partial charge in [0.05, 0.1) is 5.69 Å². The molecule has 0 aliphatic heterocycles. The molecule has 0 aliphatic carbocycles. The molecular weight excluding hydrogens is 268 g/mol. The molecule has 1 N–H and O–H groups in total. The van der Waals surface area contributed by atoms with E-state index >= 15 is 0 Å². The molecule has 0 bridgehead atoms. The lowest BCUT2D eigenvalue weighted by Crippen LogP contribution is -2.25. The third kappa shape index (κ3) is 2.84. The van der Waals surface area contributed by atoms with Crippen molar-refractivity contribution in [3.05, 3.63) is 40.7 Å². The standard InChI is InChI=1S/C15H18N4O2/c1-9-6-5-7-13(10(9)2)16-15(21)12(4)19-11(3)14(8-20)17-18-19/h5-8,12H,1-4H3,(H,16,21). The van der Waals surface area contributed by atoms with Crippen LogP contribution in [-0.2, 0) is 4.79 Å². The van der Waals surface area contributed by atoms with Gasteiger partial charge in [0.25, 0.3) is 0 Å². The van der Waals surface area contributed by atoms with Crippen molar-refractivity contribution in [3.8, 4) is 0 Å². The first-order chi connectivity index (χ1) is 9.95. The van der Waals surface area contributed by atoms with Crippen LogP contribution in [0.5, 0.6) is 0 Å². The van der Waals surface area contributed by atoms with E-state index in [2.05, 4.69) is 15.6 Å². The maximum Gasteiger partial charge on any atom is 0.249 e. The number of rotatable bonds is 4. The molecule has 110 valence electrons. The number of carbonyl (C=O) groups is 2. The minimum atomic E-state index is -0.550. The zero-order valence-electron chi connectivity index (χ0n) is 12.5. The van der Waals surface area contributed by atoms with Crippen molar-refractivity contribution in [1.82, 2.24) is 15.0 Å². The predicted octanol–water partition coefficient (Wildman–Crippen LogP) is 2.22. The average molecular weight is 286 g/mol. The van der Waals surface area contributed by atoms with E-state index < -0.39 is 6.04 Å². The summed E-state index contributed by atoms with van der Waals surface area (Å²) in [6, 6.07) is 5.20. The van der Waals surface area contributed by atoms with Crippen LogP contribution < -0.4 is 5.32 Å². The minimum Gasteiger partial charge on any atom is -0.324 e. The summed E-state index contributed by atoms with van der Waals surface area (Å²) < 4.78 is 1.45. The highest BCUT2D eigenvalue weighted by Crippen LogP contribution is 2.20. The Hall–Kier alpha value is -2.50. The predicted molar refractivity (Wildman–Crippen MR) is 79.4 cm³/mol. The number of anilines is 1. The highest BCUT2D eigenvalue weighted by molar-refractivity contribution is 5.94. The van der Waals surface area contributed by atoms with Gasteiger partial charge in [0, 0.05) is 5.69 Å². The molecule has 1 aromatic carbocycles. The van der Waals surface area contributed by atoms with Crippen molar-refractivity contribution >= 4 is 17.9 Å². The summed E-state index contributed by atoms with van der Waals surface area (Å²) in [4.78, 5) is 23.1. The molecule has 1 amide bonds. The molecule has 0 radical (unpaired) electrons. The molecule has 0 fully saturated rings. The number of nitrogens with one attached hydrogen (secondary N) is 1. The molecule has 0 aliphatic rings. The van der Waals surface area contributed by atoms with E-state index in [1.165, 1.54) is 4.68 Å². The van der Waals surface area contributed by atoms with Crippen LogP contribution >= 0.6 is 0 Å². The van der Waals surface area contributed by atoms with Crippen molar-refractivity contribution in [3.63, 3.8) is 0 Å². The normalized spacial score (nSPS) is 12.0. The number of hydrogen-bond donors (Lipinski definition) is 1. The van der Waals surface area contributed by atoms with Gasteiger partial charge in [0.2, 0.25) is 5.91 Å². The van der Waals surface area contributed by atoms with Crippen LogP contribution in [-0.4, -0.2) is 27.2 Å². The highest BCUT2D eigenvalue weighted by atomic mass is 16.2. The van der Waals surface area contributed by atoms with E-state index in [0.29, 0.717) is 12.0 Å². The third-order valence-electron chi connectivity index (χ3n) is 3.68. The molecule has 6 nitrogen and oxygen atoms in total. The molecule has 2 rings (SSSR count). The molecule has 1 unspecified atom stereocenters. The van der Waals surface area contributed by atoms with Gasteiger partial charge in [-0.05, 0) is 44.9 Å². The Balaban J connectivity index is 2.21. The zero-order valence-corrected chi connectivity index (χ0v) is 12.5. The van der Waals surface area contributed by atoms with E-state index in [9.17, 15) is 9.59 Å². The number of hydrogen-bond acceptors (Lipinski definition) is 4.